The van der Waals surface area contributed by atoms with E-state index in [1.165, 1.54) is 26.4 Å². The zero-order valence-electron chi connectivity index (χ0n) is 9.98. The van der Waals surface area contributed by atoms with E-state index < -0.39 is 11.9 Å². The molecule has 0 heterocycles. The van der Waals surface area contributed by atoms with Crippen LogP contribution in [0, 0.1) is 0 Å². The molecular formula is C12H14O5. The van der Waals surface area contributed by atoms with E-state index in [1.807, 2.05) is 0 Å². The maximum atomic E-state index is 11.6. The molecule has 0 saturated heterocycles. The molecular weight excluding hydrogens is 224 g/mol. The maximum Gasteiger partial charge on any atom is 0.339 e. The van der Waals surface area contributed by atoms with E-state index in [1.54, 1.807) is 13.0 Å². The Labute approximate surface area is 99.3 Å². The Bertz CT molecular complexity index is 425. The van der Waals surface area contributed by atoms with Crippen LogP contribution in [0.1, 0.15) is 27.6 Å². The summed E-state index contributed by atoms with van der Waals surface area (Å²) in [7, 11) is 2.72. The highest BCUT2D eigenvalue weighted by Crippen LogP contribution is 2.19. The quantitative estimate of drug-likeness (QED) is 0.746. The molecule has 0 amide bonds. The summed E-state index contributed by atoms with van der Waals surface area (Å²) in [4.78, 5) is 23.1. The summed E-state index contributed by atoms with van der Waals surface area (Å²) in [6.07, 6.45) is 0. The molecule has 0 unspecified atom stereocenters. The smallest absolute Gasteiger partial charge is 0.339 e. The SMILES string of the molecule is CCOC(=O)c1ccc(OC)cc1C(=O)OC. The summed E-state index contributed by atoms with van der Waals surface area (Å²) in [5.74, 6) is -0.694. The first-order chi connectivity index (χ1) is 8.13. The average Bonchev–Trinajstić information content (AvgIpc) is 2.37. The lowest BCUT2D eigenvalue weighted by Crippen LogP contribution is -2.13. The van der Waals surface area contributed by atoms with Gasteiger partial charge in [-0.25, -0.2) is 9.59 Å². The third kappa shape index (κ3) is 2.96. The number of rotatable bonds is 4. The van der Waals surface area contributed by atoms with Crippen molar-refractivity contribution in [3.8, 4) is 5.75 Å². The standard InChI is InChI=1S/C12H14O5/c1-4-17-12(14)9-6-5-8(15-2)7-10(9)11(13)16-3/h5-7H,4H2,1-3H3. The molecule has 1 aromatic rings. The van der Waals surface area contributed by atoms with Crippen molar-refractivity contribution in [3.05, 3.63) is 29.3 Å². The van der Waals surface area contributed by atoms with Crippen LogP contribution in [0.25, 0.3) is 0 Å². The molecule has 0 radical (unpaired) electrons. The molecule has 0 bridgehead atoms. The van der Waals surface area contributed by atoms with Gasteiger partial charge in [-0.3, -0.25) is 0 Å². The molecule has 17 heavy (non-hydrogen) atoms. The Hall–Kier alpha value is -2.04. The van der Waals surface area contributed by atoms with Crippen LogP contribution in [0.2, 0.25) is 0 Å². The van der Waals surface area contributed by atoms with Crippen LogP contribution in [-0.2, 0) is 9.47 Å². The van der Waals surface area contributed by atoms with Crippen molar-refractivity contribution in [1.82, 2.24) is 0 Å². The number of benzene rings is 1. The van der Waals surface area contributed by atoms with Gasteiger partial charge in [-0.05, 0) is 25.1 Å². The Morgan fingerprint density at radius 3 is 2.35 bits per heavy atom. The van der Waals surface area contributed by atoms with E-state index in [9.17, 15) is 9.59 Å². The van der Waals surface area contributed by atoms with Gasteiger partial charge in [0.2, 0.25) is 0 Å². The molecule has 0 N–H and O–H groups in total. The molecule has 0 saturated carbocycles. The third-order valence-corrected chi connectivity index (χ3v) is 2.13. The second kappa shape index (κ2) is 5.89. The fourth-order valence-electron chi connectivity index (χ4n) is 1.32. The number of ether oxygens (including phenoxy) is 3. The van der Waals surface area contributed by atoms with Crippen molar-refractivity contribution in [1.29, 1.82) is 0 Å². The van der Waals surface area contributed by atoms with E-state index >= 15 is 0 Å². The van der Waals surface area contributed by atoms with Gasteiger partial charge in [-0.1, -0.05) is 0 Å². The average molecular weight is 238 g/mol. The van der Waals surface area contributed by atoms with Crippen LogP contribution in [-0.4, -0.2) is 32.8 Å². The van der Waals surface area contributed by atoms with Crippen LogP contribution in [0.5, 0.6) is 5.75 Å². The van der Waals surface area contributed by atoms with Crippen molar-refractivity contribution >= 4 is 11.9 Å². The van der Waals surface area contributed by atoms with Gasteiger partial charge in [-0.15, -0.1) is 0 Å². The van der Waals surface area contributed by atoms with E-state index in [2.05, 4.69) is 4.74 Å². The third-order valence-electron chi connectivity index (χ3n) is 2.13. The highest BCUT2D eigenvalue weighted by atomic mass is 16.5. The summed E-state index contributed by atoms with van der Waals surface area (Å²) in [6, 6.07) is 4.50. The number of hydrogen-bond donors (Lipinski definition) is 0. The molecule has 0 aliphatic rings. The van der Waals surface area contributed by atoms with Crippen LogP contribution in [0.15, 0.2) is 18.2 Å². The van der Waals surface area contributed by atoms with Gasteiger partial charge in [-0.2, -0.15) is 0 Å². The molecule has 5 heteroatoms. The van der Waals surface area contributed by atoms with Gasteiger partial charge in [0, 0.05) is 0 Å². The molecule has 1 aromatic carbocycles. The topological polar surface area (TPSA) is 61.8 Å². The number of esters is 2. The molecule has 5 nitrogen and oxygen atoms in total. The van der Waals surface area contributed by atoms with Crippen LogP contribution in [0.3, 0.4) is 0 Å². The Morgan fingerprint density at radius 1 is 1.12 bits per heavy atom. The van der Waals surface area contributed by atoms with Crippen molar-refractivity contribution in [2.75, 3.05) is 20.8 Å². The van der Waals surface area contributed by atoms with Crippen LogP contribution >= 0.6 is 0 Å². The summed E-state index contributed by atoms with van der Waals surface area (Å²) >= 11 is 0. The van der Waals surface area contributed by atoms with Gasteiger partial charge in [0.25, 0.3) is 0 Å². The summed E-state index contributed by atoms with van der Waals surface area (Å²) < 4.78 is 14.4. The number of carbonyl (C=O) groups is 2. The monoisotopic (exact) mass is 238 g/mol. The fourth-order valence-corrected chi connectivity index (χ4v) is 1.32. The van der Waals surface area contributed by atoms with Crippen molar-refractivity contribution in [2.24, 2.45) is 0 Å². The van der Waals surface area contributed by atoms with E-state index in [4.69, 9.17) is 9.47 Å². The highest BCUT2D eigenvalue weighted by Gasteiger charge is 2.19. The van der Waals surface area contributed by atoms with Crippen LogP contribution in [0.4, 0.5) is 0 Å². The molecule has 0 aliphatic carbocycles. The first-order valence-electron chi connectivity index (χ1n) is 5.07. The van der Waals surface area contributed by atoms with Crippen molar-refractivity contribution in [3.63, 3.8) is 0 Å². The van der Waals surface area contributed by atoms with E-state index in [0.717, 1.165) is 0 Å². The van der Waals surface area contributed by atoms with E-state index in [-0.39, 0.29) is 17.7 Å². The van der Waals surface area contributed by atoms with Gasteiger partial charge in [0.15, 0.2) is 0 Å². The first-order valence-corrected chi connectivity index (χ1v) is 5.07. The van der Waals surface area contributed by atoms with Crippen LogP contribution < -0.4 is 4.74 Å². The number of hydrogen-bond acceptors (Lipinski definition) is 5. The molecule has 0 fully saturated rings. The minimum Gasteiger partial charge on any atom is -0.497 e. The predicted octanol–water partition coefficient (Wildman–Crippen LogP) is 1.66. The van der Waals surface area contributed by atoms with Gasteiger partial charge in [0.1, 0.15) is 5.75 Å². The minimum absolute atomic E-state index is 0.130. The molecule has 0 spiro atoms. The van der Waals surface area contributed by atoms with E-state index in [0.29, 0.717) is 5.75 Å². The zero-order valence-corrected chi connectivity index (χ0v) is 9.98. The summed E-state index contributed by atoms with van der Waals surface area (Å²) in [5.41, 5.74) is 0.296. The second-order valence-corrected chi connectivity index (χ2v) is 3.12. The Morgan fingerprint density at radius 2 is 1.82 bits per heavy atom. The normalized spacial score (nSPS) is 9.59. The van der Waals surface area contributed by atoms with Gasteiger partial charge in [0.05, 0.1) is 32.0 Å². The fraction of sp³-hybridized carbons (Fsp3) is 0.333. The summed E-state index contributed by atoms with van der Waals surface area (Å²) in [6.45, 7) is 1.94. The molecule has 0 aliphatic heterocycles. The Balaban J connectivity index is 3.19. The maximum absolute atomic E-state index is 11.6. The lowest BCUT2D eigenvalue weighted by atomic mass is 10.1. The molecule has 92 valence electrons. The van der Waals surface area contributed by atoms with Gasteiger partial charge >= 0.3 is 11.9 Å². The lowest BCUT2D eigenvalue weighted by molar-refractivity contribution is 0.0504. The minimum atomic E-state index is -0.605. The number of carbonyl (C=O) groups excluding carboxylic acids is 2. The highest BCUT2D eigenvalue weighted by molar-refractivity contribution is 6.03. The van der Waals surface area contributed by atoms with Gasteiger partial charge < -0.3 is 14.2 Å². The van der Waals surface area contributed by atoms with Crippen molar-refractivity contribution in [2.45, 2.75) is 6.92 Å². The molecule has 0 atom stereocenters. The first kappa shape index (κ1) is 13.0. The lowest BCUT2D eigenvalue weighted by Gasteiger charge is -2.08. The largest absolute Gasteiger partial charge is 0.497 e. The molecule has 0 aromatic heterocycles. The Kier molecular flexibility index (Phi) is 4.51. The zero-order chi connectivity index (χ0) is 12.8. The summed E-state index contributed by atoms with van der Waals surface area (Å²) in [5, 5.41) is 0. The second-order valence-electron chi connectivity index (χ2n) is 3.12. The number of methoxy groups -OCH3 is 2. The molecule has 1 rings (SSSR count). The predicted molar refractivity (Wildman–Crippen MR) is 60.3 cm³/mol. The van der Waals surface area contributed by atoms with Crippen molar-refractivity contribution < 1.29 is 23.8 Å².